The van der Waals surface area contributed by atoms with Gasteiger partial charge in [-0.3, -0.25) is 9.78 Å². The predicted molar refractivity (Wildman–Crippen MR) is 61.6 cm³/mol. The van der Waals surface area contributed by atoms with Crippen LogP contribution in [0.5, 0.6) is 0 Å². The maximum Gasteiger partial charge on any atom is 0.338 e. The van der Waals surface area contributed by atoms with Crippen molar-refractivity contribution in [3.8, 4) is 11.1 Å². The Kier molecular flexibility index (Phi) is 3.00. The second-order valence-electron chi connectivity index (χ2n) is 3.33. The van der Waals surface area contributed by atoms with E-state index in [0.717, 1.165) is 0 Å². The Balaban J connectivity index is 2.68. The third kappa shape index (κ3) is 2.08. The fourth-order valence-corrected chi connectivity index (χ4v) is 1.56. The number of nitrogens with zero attached hydrogens (tertiary/aromatic N) is 1. The molecule has 2 aromatic heterocycles. The lowest BCUT2D eigenvalue weighted by Gasteiger charge is -2.05. The highest BCUT2D eigenvalue weighted by atomic mass is 16.5. The van der Waals surface area contributed by atoms with Crippen molar-refractivity contribution < 1.29 is 9.53 Å². The minimum atomic E-state index is -0.546. The van der Waals surface area contributed by atoms with Gasteiger partial charge in [-0.1, -0.05) is 6.07 Å². The van der Waals surface area contributed by atoms with E-state index >= 15 is 0 Å². The van der Waals surface area contributed by atoms with Gasteiger partial charge in [0.25, 0.3) is 5.56 Å². The van der Waals surface area contributed by atoms with Crippen molar-refractivity contribution in [1.82, 2.24) is 9.97 Å². The van der Waals surface area contributed by atoms with Gasteiger partial charge in [0.15, 0.2) is 0 Å². The Hall–Kier alpha value is -2.43. The molecule has 86 valence electrons. The van der Waals surface area contributed by atoms with Gasteiger partial charge in [-0.25, -0.2) is 4.79 Å². The molecule has 17 heavy (non-hydrogen) atoms. The molecule has 0 aliphatic rings. The third-order valence-electron chi connectivity index (χ3n) is 2.32. The maximum atomic E-state index is 11.8. The number of methoxy groups -OCH3 is 1. The summed E-state index contributed by atoms with van der Waals surface area (Å²) in [6, 6.07) is 4.92. The van der Waals surface area contributed by atoms with Crippen molar-refractivity contribution in [1.29, 1.82) is 0 Å². The lowest BCUT2D eigenvalue weighted by atomic mass is 10.0. The van der Waals surface area contributed by atoms with Gasteiger partial charge in [0.2, 0.25) is 0 Å². The lowest BCUT2D eigenvalue weighted by Crippen LogP contribution is -2.15. The van der Waals surface area contributed by atoms with Gasteiger partial charge in [-0.15, -0.1) is 0 Å². The molecule has 0 amide bonds. The lowest BCUT2D eigenvalue weighted by molar-refractivity contribution is 0.0601. The first-order chi connectivity index (χ1) is 8.24. The molecule has 0 radical (unpaired) electrons. The van der Waals surface area contributed by atoms with E-state index in [2.05, 4.69) is 14.7 Å². The summed E-state index contributed by atoms with van der Waals surface area (Å²) < 4.78 is 4.64. The third-order valence-corrected chi connectivity index (χ3v) is 2.32. The highest BCUT2D eigenvalue weighted by molar-refractivity contribution is 5.96. The number of rotatable bonds is 2. The largest absolute Gasteiger partial charge is 0.465 e. The van der Waals surface area contributed by atoms with Gasteiger partial charge in [0.1, 0.15) is 0 Å². The number of aromatic nitrogens is 2. The Morgan fingerprint density at radius 1 is 1.41 bits per heavy atom. The molecule has 0 spiro atoms. The molecule has 0 aromatic carbocycles. The van der Waals surface area contributed by atoms with Crippen molar-refractivity contribution in [2.45, 2.75) is 0 Å². The zero-order valence-corrected chi connectivity index (χ0v) is 9.14. The topological polar surface area (TPSA) is 72.1 Å². The molecule has 5 nitrogen and oxygen atoms in total. The van der Waals surface area contributed by atoms with Crippen molar-refractivity contribution in [3.05, 3.63) is 52.7 Å². The first-order valence-electron chi connectivity index (χ1n) is 4.94. The Bertz CT molecular complexity index is 590. The Morgan fingerprint density at radius 3 is 2.88 bits per heavy atom. The molecule has 0 saturated heterocycles. The summed E-state index contributed by atoms with van der Waals surface area (Å²) >= 11 is 0. The monoisotopic (exact) mass is 230 g/mol. The van der Waals surface area contributed by atoms with Gasteiger partial charge in [-0.2, -0.15) is 0 Å². The van der Waals surface area contributed by atoms with E-state index in [-0.39, 0.29) is 16.7 Å². The number of esters is 1. The maximum absolute atomic E-state index is 11.8. The zero-order valence-electron chi connectivity index (χ0n) is 9.14. The number of hydrogen-bond donors (Lipinski definition) is 1. The van der Waals surface area contributed by atoms with E-state index < -0.39 is 5.97 Å². The summed E-state index contributed by atoms with van der Waals surface area (Å²) in [6.07, 6.45) is 4.53. The molecular formula is C12H10N2O3. The summed E-state index contributed by atoms with van der Waals surface area (Å²) in [7, 11) is 1.27. The number of aromatic amines is 1. The van der Waals surface area contributed by atoms with Gasteiger partial charge >= 0.3 is 5.97 Å². The van der Waals surface area contributed by atoms with Crippen LogP contribution in [0.1, 0.15) is 10.4 Å². The number of carbonyl (C=O) groups excluding carboxylic acids is 1. The van der Waals surface area contributed by atoms with Crippen molar-refractivity contribution >= 4 is 5.97 Å². The molecule has 1 N–H and O–H groups in total. The van der Waals surface area contributed by atoms with Crippen LogP contribution >= 0.6 is 0 Å². The van der Waals surface area contributed by atoms with Crippen LogP contribution in [0.2, 0.25) is 0 Å². The highest BCUT2D eigenvalue weighted by Gasteiger charge is 2.16. The molecule has 2 heterocycles. The number of carbonyl (C=O) groups is 1. The second kappa shape index (κ2) is 4.61. The molecule has 5 heteroatoms. The Morgan fingerprint density at radius 2 is 2.24 bits per heavy atom. The molecule has 0 aliphatic carbocycles. The van der Waals surface area contributed by atoms with Crippen LogP contribution in [-0.2, 0) is 4.74 Å². The van der Waals surface area contributed by atoms with E-state index in [1.807, 2.05) is 0 Å². The molecule has 0 atom stereocenters. The number of ether oxygens (including phenoxy) is 1. The molecule has 0 fully saturated rings. The molecular weight excluding hydrogens is 220 g/mol. The molecule has 0 bridgehead atoms. The van der Waals surface area contributed by atoms with Gasteiger partial charge in [0, 0.05) is 24.2 Å². The minimum absolute atomic E-state index is 0.226. The van der Waals surface area contributed by atoms with E-state index in [9.17, 15) is 9.59 Å². The van der Waals surface area contributed by atoms with Crippen LogP contribution < -0.4 is 5.56 Å². The number of H-pyrrole nitrogens is 1. The summed E-state index contributed by atoms with van der Waals surface area (Å²) in [5, 5.41) is 0. The molecule has 0 aliphatic heterocycles. The second-order valence-corrected chi connectivity index (χ2v) is 3.33. The SMILES string of the molecule is COC(=O)c1cc[nH]c(=O)c1-c1cccnc1. The average Bonchev–Trinajstić information content (AvgIpc) is 2.38. The molecule has 0 saturated carbocycles. The normalized spacial score (nSPS) is 9.94. The highest BCUT2D eigenvalue weighted by Crippen LogP contribution is 2.18. The predicted octanol–water partition coefficient (Wildman–Crippen LogP) is 1.22. The quantitative estimate of drug-likeness (QED) is 0.787. The van der Waals surface area contributed by atoms with E-state index in [1.165, 1.54) is 25.6 Å². The molecule has 0 unspecified atom stereocenters. The van der Waals surface area contributed by atoms with Crippen LogP contribution in [0.15, 0.2) is 41.6 Å². The number of nitrogens with one attached hydrogen (secondary N) is 1. The van der Waals surface area contributed by atoms with Crippen molar-refractivity contribution in [2.24, 2.45) is 0 Å². The summed E-state index contributed by atoms with van der Waals surface area (Å²) in [6.45, 7) is 0. The number of hydrogen-bond acceptors (Lipinski definition) is 4. The molecule has 2 aromatic rings. The first-order valence-corrected chi connectivity index (χ1v) is 4.94. The van der Waals surface area contributed by atoms with E-state index in [0.29, 0.717) is 5.56 Å². The number of pyridine rings is 2. The van der Waals surface area contributed by atoms with Gasteiger partial charge < -0.3 is 9.72 Å². The fourth-order valence-electron chi connectivity index (χ4n) is 1.56. The van der Waals surface area contributed by atoms with Crippen molar-refractivity contribution in [3.63, 3.8) is 0 Å². The van der Waals surface area contributed by atoms with Gasteiger partial charge in [-0.05, 0) is 12.1 Å². The standard InChI is InChI=1S/C12H10N2O3/c1-17-12(16)9-4-6-14-11(15)10(9)8-3-2-5-13-7-8/h2-7H,1H3,(H,14,15). The summed E-state index contributed by atoms with van der Waals surface area (Å²) in [4.78, 5) is 29.8. The first kappa shape index (κ1) is 11.1. The molecule has 2 rings (SSSR count). The van der Waals surface area contributed by atoms with Crippen LogP contribution in [0.4, 0.5) is 0 Å². The average molecular weight is 230 g/mol. The van der Waals surface area contributed by atoms with Crippen molar-refractivity contribution in [2.75, 3.05) is 7.11 Å². The van der Waals surface area contributed by atoms with Crippen LogP contribution in [0.3, 0.4) is 0 Å². The minimum Gasteiger partial charge on any atom is -0.465 e. The summed E-state index contributed by atoms with van der Waals surface area (Å²) in [5.41, 5.74) is 0.729. The smallest absolute Gasteiger partial charge is 0.338 e. The Labute approximate surface area is 97.1 Å². The summed E-state index contributed by atoms with van der Waals surface area (Å²) in [5.74, 6) is -0.546. The van der Waals surface area contributed by atoms with Crippen LogP contribution in [0, 0.1) is 0 Å². The van der Waals surface area contributed by atoms with E-state index in [4.69, 9.17) is 0 Å². The van der Waals surface area contributed by atoms with Gasteiger partial charge in [0.05, 0.1) is 18.2 Å². The van der Waals surface area contributed by atoms with E-state index in [1.54, 1.807) is 18.3 Å². The zero-order chi connectivity index (χ0) is 12.3. The van der Waals surface area contributed by atoms with Crippen LogP contribution in [-0.4, -0.2) is 23.0 Å². The van der Waals surface area contributed by atoms with Crippen LogP contribution in [0.25, 0.3) is 11.1 Å². The fraction of sp³-hybridized carbons (Fsp3) is 0.0833.